The summed E-state index contributed by atoms with van der Waals surface area (Å²) in [7, 11) is 0. The minimum absolute atomic E-state index is 0.193. The van der Waals surface area contributed by atoms with Gasteiger partial charge in [0.05, 0.1) is 12.1 Å². The molecule has 0 saturated heterocycles. The average Bonchev–Trinajstić information content (AvgIpc) is 2.81. The number of aromatic nitrogens is 1. The molecule has 1 aromatic heterocycles. The van der Waals surface area contributed by atoms with Crippen LogP contribution in [0.2, 0.25) is 0 Å². The number of carbonyl (C=O) groups excluding carboxylic acids is 1. The molecule has 1 heterocycles. The number of thiazole rings is 1. The van der Waals surface area contributed by atoms with E-state index in [-0.39, 0.29) is 24.1 Å². The van der Waals surface area contributed by atoms with Crippen molar-refractivity contribution in [2.45, 2.75) is 20.3 Å². The number of hydrogen-bond acceptors (Lipinski definition) is 4. The summed E-state index contributed by atoms with van der Waals surface area (Å²) in [5, 5.41) is 12.0. The lowest BCUT2D eigenvalue weighted by atomic mass is 10.1. The van der Waals surface area contributed by atoms with E-state index in [1.54, 1.807) is 13.8 Å². The first-order valence-corrected chi connectivity index (χ1v) is 7.46. The first kappa shape index (κ1) is 16.1. The van der Waals surface area contributed by atoms with Gasteiger partial charge in [-0.3, -0.25) is 9.59 Å². The summed E-state index contributed by atoms with van der Waals surface area (Å²) in [6, 6.07) is 5.63. The number of hydrogen-bond donors (Lipinski definition) is 2. The highest BCUT2D eigenvalue weighted by Gasteiger charge is 2.18. The van der Waals surface area contributed by atoms with Crippen LogP contribution >= 0.6 is 11.3 Å². The van der Waals surface area contributed by atoms with E-state index in [0.29, 0.717) is 21.3 Å². The van der Waals surface area contributed by atoms with E-state index in [1.807, 2.05) is 0 Å². The molecular weight excluding hydrogens is 307 g/mol. The first-order valence-electron chi connectivity index (χ1n) is 6.65. The van der Waals surface area contributed by atoms with Crippen LogP contribution in [0.1, 0.15) is 18.7 Å². The molecule has 0 aliphatic rings. The molecule has 2 aromatic rings. The van der Waals surface area contributed by atoms with Gasteiger partial charge in [-0.1, -0.05) is 13.8 Å². The smallest absolute Gasteiger partial charge is 0.308 e. The Balaban J connectivity index is 2.37. The lowest BCUT2D eigenvalue weighted by Crippen LogP contribution is -2.17. The second kappa shape index (κ2) is 6.65. The summed E-state index contributed by atoms with van der Waals surface area (Å²) in [4.78, 5) is 27.5. The number of anilines is 1. The molecule has 116 valence electrons. The Hall–Kier alpha value is -2.28. The lowest BCUT2D eigenvalue weighted by Gasteiger charge is -2.03. The highest BCUT2D eigenvalue weighted by molar-refractivity contribution is 7.16. The molecule has 0 unspecified atom stereocenters. The fourth-order valence-electron chi connectivity index (χ4n) is 1.75. The topological polar surface area (TPSA) is 79.3 Å². The van der Waals surface area contributed by atoms with Crippen molar-refractivity contribution in [3.8, 4) is 11.3 Å². The number of aliphatic carboxylic acids is 1. The minimum Gasteiger partial charge on any atom is -0.481 e. The Labute approximate surface area is 130 Å². The molecule has 0 saturated carbocycles. The van der Waals surface area contributed by atoms with Crippen LogP contribution in [0.4, 0.5) is 9.52 Å². The van der Waals surface area contributed by atoms with Crippen LogP contribution in [0.15, 0.2) is 24.3 Å². The van der Waals surface area contributed by atoms with Crippen LogP contribution in [-0.2, 0) is 16.0 Å². The van der Waals surface area contributed by atoms with Gasteiger partial charge < -0.3 is 10.4 Å². The third-order valence-corrected chi connectivity index (χ3v) is 3.85. The molecule has 0 fully saturated rings. The molecule has 5 nitrogen and oxygen atoms in total. The lowest BCUT2D eigenvalue weighted by molar-refractivity contribution is -0.136. The van der Waals surface area contributed by atoms with Crippen molar-refractivity contribution in [3.63, 3.8) is 0 Å². The second-order valence-corrected chi connectivity index (χ2v) is 6.10. The number of carboxylic acid groups (broad SMARTS) is 1. The standard InChI is InChI=1S/C15H15FN2O3S/c1-8(2)14(21)18-15-17-13(11(22-15)7-12(19)20)9-3-5-10(16)6-4-9/h3-6,8H,7H2,1-2H3,(H,19,20)(H,17,18,21). The summed E-state index contributed by atoms with van der Waals surface area (Å²) >= 11 is 1.11. The van der Waals surface area contributed by atoms with Gasteiger partial charge in [-0.25, -0.2) is 9.37 Å². The SMILES string of the molecule is CC(C)C(=O)Nc1nc(-c2ccc(F)cc2)c(CC(=O)O)s1. The maximum Gasteiger partial charge on any atom is 0.308 e. The van der Waals surface area contributed by atoms with E-state index in [4.69, 9.17) is 5.11 Å². The van der Waals surface area contributed by atoms with Crippen molar-refractivity contribution in [1.82, 2.24) is 4.98 Å². The zero-order chi connectivity index (χ0) is 16.3. The van der Waals surface area contributed by atoms with Crippen molar-refractivity contribution >= 4 is 28.3 Å². The maximum absolute atomic E-state index is 13.0. The van der Waals surface area contributed by atoms with E-state index in [9.17, 15) is 14.0 Å². The second-order valence-electron chi connectivity index (χ2n) is 5.01. The molecular formula is C15H15FN2O3S. The van der Waals surface area contributed by atoms with Gasteiger partial charge in [0, 0.05) is 16.4 Å². The Morgan fingerprint density at radius 3 is 2.50 bits per heavy atom. The number of carbonyl (C=O) groups is 2. The molecule has 7 heteroatoms. The molecule has 0 bridgehead atoms. The van der Waals surface area contributed by atoms with Gasteiger partial charge in [0.1, 0.15) is 5.82 Å². The first-order chi connectivity index (χ1) is 10.4. The molecule has 2 N–H and O–H groups in total. The van der Waals surface area contributed by atoms with Crippen molar-refractivity contribution < 1.29 is 19.1 Å². The van der Waals surface area contributed by atoms with Crippen molar-refractivity contribution in [3.05, 3.63) is 35.0 Å². The summed E-state index contributed by atoms with van der Waals surface area (Å²) in [6.45, 7) is 3.50. The molecule has 0 spiro atoms. The van der Waals surface area contributed by atoms with Gasteiger partial charge in [-0.2, -0.15) is 0 Å². The van der Waals surface area contributed by atoms with Crippen molar-refractivity contribution in [1.29, 1.82) is 0 Å². The van der Waals surface area contributed by atoms with Crippen LogP contribution in [0.3, 0.4) is 0 Å². The van der Waals surface area contributed by atoms with Gasteiger partial charge in [-0.05, 0) is 24.3 Å². The fraction of sp³-hybridized carbons (Fsp3) is 0.267. The molecule has 1 amide bonds. The highest BCUT2D eigenvalue weighted by atomic mass is 32.1. The van der Waals surface area contributed by atoms with Crippen LogP contribution in [0, 0.1) is 11.7 Å². The van der Waals surface area contributed by atoms with E-state index < -0.39 is 5.97 Å². The summed E-state index contributed by atoms with van der Waals surface area (Å²) < 4.78 is 13.0. The zero-order valence-electron chi connectivity index (χ0n) is 12.1. The quantitative estimate of drug-likeness (QED) is 0.886. The number of rotatable bonds is 5. The Morgan fingerprint density at radius 1 is 1.32 bits per heavy atom. The van der Waals surface area contributed by atoms with Crippen LogP contribution < -0.4 is 5.32 Å². The summed E-state index contributed by atoms with van der Waals surface area (Å²) in [5.41, 5.74) is 1.06. The van der Waals surface area contributed by atoms with E-state index in [1.165, 1.54) is 24.3 Å². The Bertz CT molecular complexity index is 695. The number of nitrogens with zero attached hydrogens (tertiary/aromatic N) is 1. The van der Waals surface area contributed by atoms with Gasteiger partial charge >= 0.3 is 5.97 Å². The van der Waals surface area contributed by atoms with Gasteiger partial charge in [-0.15, -0.1) is 11.3 Å². The minimum atomic E-state index is -0.992. The predicted octanol–water partition coefficient (Wildman–Crippen LogP) is 3.17. The molecule has 22 heavy (non-hydrogen) atoms. The average molecular weight is 322 g/mol. The number of amides is 1. The molecule has 2 rings (SSSR count). The largest absolute Gasteiger partial charge is 0.481 e. The van der Waals surface area contributed by atoms with Gasteiger partial charge in [0.15, 0.2) is 5.13 Å². The molecule has 0 atom stereocenters. The molecule has 0 aliphatic heterocycles. The maximum atomic E-state index is 13.0. The van der Waals surface area contributed by atoms with E-state index in [0.717, 1.165) is 11.3 Å². The van der Waals surface area contributed by atoms with Crippen molar-refractivity contribution in [2.75, 3.05) is 5.32 Å². The Morgan fingerprint density at radius 2 is 1.95 bits per heavy atom. The summed E-state index contributed by atoms with van der Waals surface area (Å²) in [6.07, 6.45) is -0.206. The number of benzene rings is 1. The Kier molecular flexibility index (Phi) is 4.87. The fourth-order valence-corrected chi connectivity index (χ4v) is 2.72. The van der Waals surface area contributed by atoms with Crippen molar-refractivity contribution in [2.24, 2.45) is 5.92 Å². The predicted molar refractivity (Wildman–Crippen MR) is 82.3 cm³/mol. The number of nitrogens with one attached hydrogen (secondary N) is 1. The molecule has 0 radical (unpaired) electrons. The van der Waals surface area contributed by atoms with Gasteiger partial charge in [0.2, 0.25) is 5.91 Å². The van der Waals surface area contributed by atoms with E-state index in [2.05, 4.69) is 10.3 Å². The normalized spacial score (nSPS) is 10.7. The molecule has 1 aromatic carbocycles. The number of halogens is 1. The third-order valence-electron chi connectivity index (χ3n) is 2.88. The third kappa shape index (κ3) is 3.88. The monoisotopic (exact) mass is 322 g/mol. The zero-order valence-corrected chi connectivity index (χ0v) is 12.9. The van der Waals surface area contributed by atoms with Crippen LogP contribution in [0.5, 0.6) is 0 Å². The van der Waals surface area contributed by atoms with E-state index >= 15 is 0 Å². The molecule has 0 aliphatic carbocycles. The highest BCUT2D eigenvalue weighted by Crippen LogP contribution is 2.32. The number of carboxylic acids is 1. The van der Waals surface area contributed by atoms with Crippen LogP contribution in [-0.4, -0.2) is 22.0 Å². The van der Waals surface area contributed by atoms with Crippen LogP contribution in [0.25, 0.3) is 11.3 Å². The summed E-state index contributed by atoms with van der Waals surface area (Å²) in [5.74, 6) is -1.77. The van der Waals surface area contributed by atoms with Gasteiger partial charge in [0.25, 0.3) is 0 Å².